The summed E-state index contributed by atoms with van der Waals surface area (Å²) in [6.07, 6.45) is 2.24. The third kappa shape index (κ3) is 2.38. The molecule has 0 radical (unpaired) electrons. The Balaban J connectivity index is 1.70. The van der Waals surface area contributed by atoms with Crippen molar-refractivity contribution in [3.63, 3.8) is 0 Å². The zero-order valence-corrected chi connectivity index (χ0v) is 13.1. The van der Waals surface area contributed by atoms with Crippen LogP contribution in [0, 0.1) is 6.92 Å². The highest BCUT2D eigenvalue weighted by atomic mass is 35.5. The summed E-state index contributed by atoms with van der Waals surface area (Å²) in [6, 6.07) is 7.66. The fraction of sp³-hybridized carbons (Fsp3) is 0.143. The van der Waals surface area contributed by atoms with E-state index < -0.39 is 0 Å². The van der Waals surface area contributed by atoms with Gasteiger partial charge in [0.2, 0.25) is 4.96 Å². The Kier molecular flexibility index (Phi) is 3.16. The first-order valence-electron chi connectivity index (χ1n) is 6.57. The van der Waals surface area contributed by atoms with Gasteiger partial charge in [-0.1, -0.05) is 35.1 Å². The van der Waals surface area contributed by atoms with Crippen LogP contribution in [0.1, 0.15) is 17.3 Å². The molecular formula is C14H10ClN5OS. The summed E-state index contributed by atoms with van der Waals surface area (Å²) in [4.78, 5) is 5.02. The number of fused-ring (bicyclic) bond motifs is 1. The van der Waals surface area contributed by atoms with Crippen LogP contribution in [0.25, 0.3) is 15.7 Å². The Morgan fingerprint density at radius 1 is 1.23 bits per heavy atom. The van der Waals surface area contributed by atoms with Crippen LogP contribution in [0.4, 0.5) is 0 Å². The number of oxazole rings is 1. The summed E-state index contributed by atoms with van der Waals surface area (Å²) in [5.41, 5.74) is 1.82. The fourth-order valence-corrected chi connectivity index (χ4v) is 3.05. The van der Waals surface area contributed by atoms with Crippen molar-refractivity contribution in [3.8, 4) is 10.7 Å². The molecule has 0 aliphatic heterocycles. The van der Waals surface area contributed by atoms with Crippen LogP contribution in [0.3, 0.4) is 0 Å². The molecule has 0 saturated heterocycles. The number of aryl methyl sites for hydroxylation is 1. The molecule has 0 aliphatic rings. The van der Waals surface area contributed by atoms with Gasteiger partial charge in [-0.25, -0.2) is 4.98 Å². The third-order valence-electron chi connectivity index (χ3n) is 3.17. The number of halogens is 1. The molecule has 0 atom stereocenters. The molecule has 0 bridgehead atoms. The van der Waals surface area contributed by atoms with Crippen LogP contribution in [0.2, 0.25) is 5.02 Å². The van der Waals surface area contributed by atoms with Crippen molar-refractivity contribution in [3.05, 3.63) is 52.8 Å². The maximum atomic E-state index is 5.90. The minimum absolute atomic E-state index is 0.613. The van der Waals surface area contributed by atoms with E-state index in [9.17, 15) is 0 Å². The SMILES string of the molecule is Cc1nc(-c2nn3c(Cc4ccc(Cl)cc4)nnc3s2)co1. The molecule has 3 heterocycles. The lowest BCUT2D eigenvalue weighted by molar-refractivity contribution is 0.521. The summed E-state index contributed by atoms with van der Waals surface area (Å²) >= 11 is 7.33. The molecule has 110 valence electrons. The van der Waals surface area contributed by atoms with Crippen LogP contribution in [0.15, 0.2) is 34.9 Å². The van der Waals surface area contributed by atoms with Gasteiger partial charge < -0.3 is 4.42 Å². The van der Waals surface area contributed by atoms with Gasteiger partial charge in [0.25, 0.3) is 0 Å². The van der Waals surface area contributed by atoms with Crippen LogP contribution in [-0.2, 0) is 6.42 Å². The van der Waals surface area contributed by atoms with E-state index in [-0.39, 0.29) is 0 Å². The molecule has 0 N–H and O–H groups in total. The second kappa shape index (κ2) is 5.19. The zero-order chi connectivity index (χ0) is 15.1. The maximum absolute atomic E-state index is 5.90. The summed E-state index contributed by atoms with van der Waals surface area (Å²) in [7, 11) is 0. The Morgan fingerprint density at radius 2 is 2.05 bits per heavy atom. The van der Waals surface area contributed by atoms with E-state index in [4.69, 9.17) is 16.0 Å². The van der Waals surface area contributed by atoms with Crippen molar-refractivity contribution in [2.75, 3.05) is 0 Å². The first-order valence-corrected chi connectivity index (χ1v) is 7.76. The lowest BCUT2D eigenvalue weighted by Crippen LogP contribution is -1.97. The monoisotopic (exact) mass is 331 g/mol. The highest BCUT2D eigenvalue weighted by molar-refractivity contribution is 7.19. The first-order chi connectivity index (χ1) is 10.7. The molecule has 0 unspecified atom stereocenters. The lowest BCUT2D eigenvalue weighted by Gasteiger charge is -1.98. The summed E-state index contributed by atoms with van der Waals surface area (Å²) < 4.78 is 6.97. The van der Waals surface area contributed by atoms with Crippen molar-refractivity contribution in [2.45, 2.75) is 13.3 Å². The quantitative estimate of drug-likeness (QED) is 0.575. The van der Waals surface area contributed by atoms with E-state index in [2.05, 4.69) is 20.3 Å². The van der Waals surface area contributed by atoms with Crippen molar-refractivity contribution in [1.82, 2.24) is 24.8 Å². The molecule has 4 rings (SSSR count). The van der Waals surface area contributed by atoms with Crippen molar-refractivity contribution >= 4 is 27.9 Å². The van der Waals surface area contributed by atoms with Crippen LogP contribution in [-0.4, -0.2) is 24.8 Å². The van der Waals surface area contributed by atoms with Gasteiger partial charge in [0.15, 0.2) is 16.7 Å². The topological polar surface area (TPSA) is 69.1 Å². The second-order valence-electron chi connectivity index (χ2n) is 4.77. The number of nitrogens with zero attached hydrogens (tertiary/aromatic N) is 5. The fourth-order valence-electron chi connectivity index (χ4n) is 2.12. The van der Waals surface area contributed by atoms with E-state index >= 15 is 0 Å². The first kappa shape index (κ1) is 13.4. The van der Waals surface area contributed by atoms with E-state index in [0.717, 1.165) is 21.4 Å². The van der Waals surface area contributed by atoms with Crippen molar-refractivity contribution in [1.29, 1.82) is 0 Å². The van der Waals surface area contributed by atoms with Gasteiger partial charge in [-0.15, -0.1) is 10.2 Å². The third-order valence-corrected chi connectivity index (χ3v) is 4.34. The molecule has 0 amide bonds. The van der Waals surface area contributed by atoms with Gasteiger partial charge >= 0.3 is 0 Å². The smallest absolute Gasteiger partial charge is 0.235 e. The van der Waals surface area contributed by atoms with Gasteiger partial charge in [0.1, 0.15) is 12.0 Å². The molecular weight excluding hydrogens is 322 g/mol. The standard InChI is InChI=1S/C14H10ClN5OS/c1-8-16-11(7-21-8)13-19-20-12(17-18-14(20)22-13)6-9-2-4-10(15)5-3-9/h2-5,7H,6H2,1H3. The molecule has 0 spiro atoms. The minimum Gasteiger partial charge on any atom is -0.449 e. The summed E-state index contributed by atoms with van der Waals surface area (Å²) in [5, 5.41) is 14.4. The zero-order valence-electron chi connectivity index (χ0n) is 11.5. The Hall–Kier alpha value is -2.25. The minimum atomic E-state index is 0.613. The van der Waals surface area contributed by atoms with Gasteiger partial charge in [-0.05, 0) is 17.7 Å². The van der Waals surface area contributed by atoms with Crippen LogP contribution >= 0.6 is 22.9 Å². The molecule has 3 aromatic heterocycles. The summed E-state index contributed by atoms with van der Waals surface area (Å²) in [5.74, 6) is 1.39. The normalized spacial score (nSPS) is 11.4. The predicted molar refractivity (Wildman–Crippen MR) is 83.2 cm³/mol. The van der Waals surface area contributed by atoms with E-state index in [1.54, 1.807) is 17.7 Å². The number of rotatable bonds is 3. The summed E-state index contributed by atoms with van der Waals surface area (Å²) in [6.45, 7) is 1.80. The molecule has 22 heavy (non-hydrogen) atoms. The lowest BCUT2D eigenvalue weighted by atomic mass is 10.1. The van der Waals surface area contributed by atoms with Crippen LogP contribution in [0.5, 0.6) is 0 Å². The van der Waals surface area contributed by atoms with E-state index in [1.165, 1.54) is 11.3 Å². The number of benzene rings is 1. The van der Waals surface area contributed by atoms with Crippen LogP contribution < -0.4 is 0 Å². The maximum Gasteiger partial charge on any atom is 0.235 e. The Morgan fingerprint density at radius 3 is 2.77 bits per heavy atom. The van der Waals surface area contributed by atoms with Crippen molar-refractivity contribution in [2.24, 2.45) is 0 Å². The number of aromatic nitrogens is 5. The molecule has 4 aromatic rings. The second-order valence-corrected chi connectivity index (χ2v) is 6.17. The average molecular weight is 332 g/mol. The molecule has 0 saturated carbocycles. The average Bonchev–Trinajstić information content (AvgIpc) is 3.18. The molecule has 1 aromatic carbocycles. The van der Waals surface area contributed by atoms with E-state index in [0.29, 0.717) is 23.0 Å². The van der Waals surface area contributed by atoms with Gasteiger partial charge in [-0.2, -0.15) is 9.61 Å². The molecule has 6 nitrogen and oxygen atoms in total. The predicted octanol–water partition coefficient (Wildman–Crippen LogP) is 3.39. The molecule has 0 aliphatic carbocycles. The van der Waals surface area contributed by atoms with Gasteiger partial charge in [-0.3, -0.25) is 0 Å². The highest BCUT2D eigenvalue weighted by Gasteiger charge is 2.15. The number of hydrogen-bond acceptors (Lipinski definition) is 6. The highest BCUT2D eigenvalue weighted by Crippen LogP contribution is 2.25. The van der Waals surface area contributed by atoms with Gasteiger partial charge in [0, 0.05) is 18.4 Å². The van der Waals surface area contributed by atoms with Crippen molar-refractivity contribution < 1.29 is 4.42 Å². The Bertz CT molecular complexity index is 940. The largest absolute Gasteiger partial charge is 0.449 e. The van der Waals surface area contributed by atoms with Gasteiger partial charge in [0.05, 0.1) is 0 Å². The van der Waals surface area contributed by atoms with E-state index in [1.807, 2.05) is 24.3 Å². The number of hydrogen-bond donors (Lipinski definition) is 0. The Labute approximate surface area is 134 Å². The molecule has 8 heteroatoms. The molecule has 0 fully saturated rings.